The Balaban J connectivity index is 1.44. The van der Waals surface area contributed by atoms with Crippen molar-refractivity contribution in [1.29, 1.82) is 0 Å². The Labute approximate surface area is 177 Å². The standard InChI is InChI=1S/C20H33BrN4O2Si/c1-20(2,3)28(4,5)27-15-16-8-6-10-24(16)11-7-13-26-18-9-12-25-19(23-18)17(21)14-22-25/h9,12,14,16H,6-8,10-11,13,15H2,1-5H3/t16-/m0/s1. The summed E-state index contributed by atoms with van der Waals surface area (Å²) in [6.07, 6.45) is 7.11. The van der Waals surface area contributed by atoms with E-state index in [1.807, 2.05) is 12.3 Å². The molecule has 28 heavy (non-hydrogen) atoms. The molecule has 0 amide bonds. The van der Waals surface area contributed by atoms with Crippen LogP contribution in [0.25, 0.3) is 5.65 Å². The molecule has 156 valence electrons. The summed E-state index contributed by atoms with van der Waals surface area (Å²) in [4.78, 5) is 7.07. The first-order valence-electron chi connectivity index (χ1n) is 10.2. The Morgan fingerprint density at radius 1 is 1.32 bits per heavy atom. The van der Waals surface area contributed by atoms with Crippen molar-refractivity contribution in [1.82, 2.24) is 19.5 Å². The van der Waals surface area contributed by atoms with E-state index in [-0.39, 0.29) is 5.04 Å². The summed E-state index contributed by atoms with van der Waals surface area (Å²) < 4.78 is 14.9. The Kier molecular flexibility index (Phi) is 6.84. The third kappa shape index (κ3) is 5.14. The van der Waals surface area contributed by atoms with Gasteiger partial charge in [-0.05, 0) is 59.9 Å². The second-order valence-corrected chi connectivity index (χ2v) is 14.8. The van der Waals surface area contributed by atoms with Gasteiger partial charge in [-0.15, -0.1) is 0 Å². The van der Waals surface area contributed by atoms with Crippen LogP contribution in [0.2, 0.25) is 18.1 Å². The van der Waals surface area contributed by atoms with Crippen molar-refractivity contribution >= 4 is 29.9 Å². The molecule has 1 aliphatic heterocycles. The maximum atomic E-state index is 6.47. The van der Waals surface area contributed by atoms with Gasteiger partial charge in [0.05, 0.1) is 17.3 Å². The molecule has 1 aliphatic rings. The maximum absolute atomic E-state index is 6.47. The van der Waals surface area contributed by atoms with Crippen LogP contribution in [0.5, 0.6) is 5.88 Å². The summed E-state index contributed by atoms with van der Waals surface area (Å²) in [5.41, 5.74) is 0.778. The number of rotatable bonds is 8. The minimum Gasteiger partial charge on any atom is -0.478 e. The van der Waals surface area contributed by atoms with E-state index in [2.05, 4.69) is 64.8 Å². The highest BCUT2D eigenvalue weighted by molar-refractivity contribution is 9.10. The molecule has 0 aliphatic carbocycles. The van der Waals surface area contributed by atoms with Crippen molar-refractivity contribution in [2.24, 2.45) is 0 Å². The molecule has 6 nitrogen and oxygen atoms in total. The average molecular weight is 470 g/mol. The monoisotopic (exact) mass is 468 g/mol. The second-order valence-electron chi connectivity index (χ2n) is 9.13. The molecule has 1 fully saturated rings. The number of fused-ring (bicyclic) bond motifs is 1. The number of aromatic nitrogens is 3. The van der Waals surface area contributed by atoms with Crippen LogP contribution in [-0.2, 0) is 4.43 Å². The molecule has 0 N–H and O–H groups in total. The van der Waals surface area contributed by atoms with Gasteiger partial charge in [-0.25, -0.2) is 4.52 Å². The van der Waals surface area contributed by atoms with E-state index in [1.165, 1.54) is 19.4 Å². The van der Waals surface area contributed by atoms with E-state index < -0.39 is 8.32 Å². The number of ether oxygens (including phenoxy) is 1. The van der Waals surface area contributed by atoms with Crippen LogP contribution >= 0.6 is 15.9 Å². The van der Waals surface area contributed by atoms with Crippen LogP contribution < -0.4 is 4.74 Å². The molecule has 0 saturated carbocycles. The highest BCUT2D eigenvalue weighted by atomic mass is 79.9. The van der Waals surface area contributed by atoms with Gasteiger partial charge in [0, 0.05) is 31.5 Å². The van der Waals surface area contributed by atoms with E-state index in [9.17, 15) is 0 Å². The molecule has 0 spiro atoms. The van der Waals surface area contributed by atoms with Crippen LogP contribution in [0.15, 0.2) is 22.9 Å². The number of hydrogen-bond acceptors (Lipinski definition) is 5. The summed E-state index contributed by atoms with van der Waals surface area (Å²) >= 11 is 3.46. The van der Waals surface area contributed by atoms with Crippen LogP contribution in [-0.4, -0.2) is 60.2 Å². The lowest BCUT2D eigenvalue weighted by Gasteiger charge is -2.38. The molecule has 8 heteroatoms. The zero-order valence-electron chi connectivity index (χ0n) is 17.7. The fourth-order valence-corrected chi connectivity index (χ4v) is 4.65. The van der Waals surface area contributed by atoms with Crippen LogP contribution in [0.4, 0.5) is 0 Å². The molecular weight excluding hydrogens is 436 g/mol. The molecule has 0 bridgehead atoms. The Bertz CT molecular complexity index is 790. The predicted octanol–water partition coefficient (Wildman–Crippen LogP) is 4.75. The largest absolute Gasteiger partial charge is 0.478 e. The third-order valence-electron chi connectivity index (χ3n) is 6.08. The number of likely N-dealkylation sites (tertiary alicyclic amines) is 1. The highest BCUT2D eigenvalue weighted by Gasteiger charge is 2.38. The molecule has 3 rings (SSSR count). The van der Waals surface area contributed by atoms with Crippen LogP contribution in [0.3, 0.4) is 0 Å². The number of hydrogen-bond donors (Lipinski definition) is 0. The summed E-state index contributed by atoms with van der Waals surface area (Å²) in [5.74, 6) is 0.646. The van der Waals surface area contributed by atoms with Gasteiger partial charge >= 0.3 is 0 Å². The molecule has 0 unspecified atom stereocenters. The molecule has 0 aromatic carbocycles. The van der Waals surface area contributed by atoms with Gasteiger partial charge in [0.25, 0.3) is 0 Å². The van der Waals surface area contributed by atoms with Crippen molar-refractivity contribution in [2.45, 2.75) is 64.2 Å². The number of halogens is 1. The zero-order valence-corrected chi connectivity index (χ0v) is 20.3. The Morgan fingerprint density at radius 2 is 2.11 bits per heavy atom. The first-order valence-corrected chi connectivity index (χ1v) is 13.9. The lowest BCUT2D eigenvalue weighted by atomic mass is 10.2. The fourth-order valence-electron chi connectivity index (χ4n) is 3.25. The predicted molar refractivity (Wildman–Crippen MR) is 119 cm³/mol. The molecule has 1 atom stereocenters. The highest BCUT2D eigenvalue weighted by Crippen LogP contribution is 2.37. The fraction of sp³-hybridized carbons (Fsp3) is 0.700. The molecule has 1 saturated heterocycles. The summed E-state index contributed by atoms with van der Waals surface area (Å²) in [7, 11) is -1.68. The molecule has 2 aromatic rings. The Morgan fingerprint density at radius 3 is 2.86 bits per heavy atom. The van der Waals surface area contributed by atoms with Gasteiger partial charge < -0.3 is 9.16 Å². The third-order valence-corrected chi connectivity index (χ3v) is 11.1. The maximum Gasteiger partial charge on any atom is 0.216 e. The lowest BCUT2D eigenvalue weighted by molar-refractivity contribution is 0.153. The van der Waals surface area contributed by atoms with Gasteiger partial charge in [0.2, 0.25) is 5.88 Å². The summed E-state index contributed by atoms with van der Waals surface area (Å²) in [5, 5.41) is 4.47. The Hall–Kier alpha value is -0.963. The van der Waals surface area contributed by atoms with Gasteiger partial charge in [-0.1, -0.05) is 20.8 Å². The quantitative estimate of drug-likeness (QED) is 0.413. The van der Waals surface area contributed by atoms with Gasteiger partial charge in [-0.2, -0.15) is 10.1 Å². The van der Waals surface area contributed by atoms with Crippen LogP contribution in [0, 0.1) is 0 Å². The topological polar surface area (TPSA) is 51.9 Å². The zero-order chi connectivity index (χ0) is 20.4. The van der Waals surface area contributed by atoms with Crippen molar-refractivity contribution in [3.05, 3.63) is 22.9 Å². The van der Waals surface area contributed by atoms with Crippen molar-refractivity contribution < 1.29 is 9.16 Å². The van der Waals surface area contributed by atoms with E-state index >= 15 is 0 Å². The SMILES string of the molecule is CC(C)(C)[Si](C)(C)OC[C@@H]1CCCN1CCCOc1ccn2ncc(Br)c2n1. The van der Waals surface area contributed by atoms with Crippen molar-refractivity contribution in [2.75, 3.05) is 26.3 Å². The van der Waals surface area contributed by atoms with Crippen LogP contribution in [0.1, 0.15) is 40.0 Å². The summed E-state index contributed by atoms with van der Waals surface area (Å²) in [6, 6.07) is 2.41. The second kappa shape index (κ2) is 8.81. The lowest BCUT2D eigenvalue weighted by Crippen LogP contribution is -2.45. The first-order chi connectivity index (χ1) is 13.2. The molecule has 3 heterocycles. The minimum atomic E-state index is -1.68. The van der Waals surface area contributed by atoms with E-state index in [4.69, 9.17) is 9.16 Å². The van der Waals surface area contributed by atoms with E-state index in [0.717, 1.165) is 29.7 Å². The molecular formula is C20H33BrN4O2Si. The average Bonchev–Trinajstić information content (AvgIpc) is 3.23. The normalized spacial score (nSPS) is 18.9. The molecule has 2 aromatic heterocycles. The first kappa shape index (κ1) is 21.7. The van der Waals surface area contributed by atoms with E-state index in [0.29, 0.717) is 18.5 Å². The smallest absolute Gasteiger partial charge is 0.216 e. The molecule has 0 radical (unpaired) electrons. The van der Waals surface area contributed by atoms with Crippen molar-refractivity contribution in [3.63, 3.8) is 0 Å². The summed E-state index contributed by atoms with van der Waals surface area (Å²) in [6.45, 7) is 15.3. The minimum absolute atomic E-state index is 0.267. The van der Waals surface area contributed by atoms with E-state index in [1.54, 1.807) is 10.7 Å². The number of nitrogens with zero attached hydrogens (tertiary/aromatic N) is 4. The van der Waals surface area contributed by atoms with Gasteiger partial charge in [-0.3, -0.25) is 4.90 Å². The van der Waals surface area contributed by atoms with Crippen molar-refractivity contribution in [3.8, 4) is 5.88 Å². The van der Waals surface area contributed by atoms with Gasteiger partial charge in [0.1, 0.15) is 0 Å². The van der Waals surface area contributed by atoms with Gasteiger partial charge in [0.15, 0.2) is 14.0 Å².